The van der Waals surface area contributed by atoms with E-state index in [1.54, 1.807) is 43.3 Å². The van der Waals surface area contributed by atoms with Crippen molar-refractivity contribution >= 4 is 23.2 Å². The molecule has 1 heterocycles. The molecule has 23 heavy (non-hydrogen) atoms. The molecule has 116 valence electrons. The van der Waals surface area contributed by atoms with Crippen molar-refractivity contribution < 1.29 is 9.18 Å². The van der Waals surface area contributed by atoms with Crippen molar-refractivity contribution in [3.8, 4) is 11.3 Å². The van der Waals surface area contributed by atoms with Gasteiger partial charge in [-0.2, -0.15) is 5.10 Å². The molecule has 3 aromatic rings. The van der Waals surface area contributed by atoms with Crippen LogP contribution in [0.1, 0.15) is 16.1 Å². The summed E-state index contributed by atoms with van der Waals surface area (Å²) in [5, 5.41) is 9.89. The Bertz CT molecular complexity index is 859. The van der Waals surface area contributed by atoms with Crippen LogP contribution in [0.5, 0.6) is 0 Å². The fourth-order valence-corrected chi connectivity index (χ4v) is 2.24. The molecule has 1 amide bonds. The number of hydrogen-bond donors (Lipinski definition) is 2. The molecular formula is C17H13ClFN3O. The molecule has 3 rings (SSSR count). The minimum Gasteiger partial charge on any atom is -0.318 e. The van der Waals surface area contributed by atoms with Gasteiger partial charge in [0, 0.05) is 10.6 Å². The van der Waals surface area contributed by atoms with Crippen molar-refractivity contribution in [2.75, 3.05) is 5.32 Å². The Labute approximate surface area is 137 Å². The minimum absolute atomic E-state index is 0.128. The summed E-state index contributed by atoms with van der Waals surface area (Å²) in [6, 6.07) is 13.3. The fraction of sp³-hybridized carbons (Fsp3) is 0.0588. The van der Waals surface area contributed by atoms with E-state index in [1.165, 1.54) is 12.1 Å². The highest BCUT2D eigenvalue weighted by Gasteiger charge is 2.13. The summed E-state index contributed by atoms with van der Waals surface area (Å²) in [4.78, 5) is 12.2. The first-order valence-electron chi connectivity index (χ1n) is 6.92. The number of nitrogens with one attached hydrogen (secondary N) is 2. The van der Waals surface area contributed by atoms with E-state index in [2.05, 4.69) is 15.5 Å². The van der Waals surface area contributed by atoms with E-state index in [-0.39, 0.29) is 11.4 Å². The molecule has 0 radical (unpaired) electrons. The first-order valence-corrected chi connectivity index (χ1v) is 7.29. The lowest BCUT2D eigenvalue weighted by Crippen LogP contribution is -2.13. The summed E-state index contributed by atoms with van der Waals surface area (Å²) in [6.45, 7) is 1.78. The molecule has 0 fully saturated rings. The number of aromatic nitrogens is 2. The highest BCUT2D eigenvalue weighted by Crippen LogP contribution is 2.21. The topological polar surface area (TPSA) is 57.8 Å². The Morgan fingerprint density at radius 1 is 1.17 bits per heavy atom. The molecule has 0 saturated carbocycles. The van der Waals surface area contributed by atoms with Crippen molar-refractivity contribution in [1.29, 1.82) is 0 Å². The molecule has 0 bridgehead atoms. The molecule has 0 atom stereocenters. The van der Waals surface area contributed by atoms with Crippen LogP contribution in [0.3, 0.4) is 0 Å². The van der Waals surface area contributed by atoms with E-state index in [9.17, 15) is 9.18 Å². The van der Waals surface area contributed by atoms with Gasteiger partial charge < -0.3 is 5.32 Å². The number of halogens is 2. The molecule has 0 unspecified atom stereocenters. The number of anilines is 1. The van der Waals surface area contributed by atoms with E-state index in [1.807, 2.05) is 0 Å². The van der Waals surface area contributed by atoms with Crippen LogP contribution in [0.2, 0.25) is 5.02 Å². The Kier molecular flexibility index (Phi) is 4.12. The highest BCUT2D eigenvalue weighted by molar-refractivity contribution is 6.30. The van der Waals surface area contributed by atoms with Crippen molar-refractivity contribution in [1.82, 2.24) is 10.2 Å². The number of rotatable bonds is 3. The van der Waals surface area contributed by atoms with Crippen molar-refractivity contribution in [3.63, 3.8) is 0 Å². The Morgan fingerprint density at radius 3 is 2.61 bits per heavy atom. The summed E-state index contributed by atoms with van der Waals surface area (Å²) in [5.41, 5.74) is 2.59. The number of aromatic amines is 1. The number of nitrogens with zero attached hydrogens (tertiary/aromatic N) is 1. The first-order chi connectivity index (χ1) is 11.0. The summed E-state index contributed by atoms with van der Waals surface area (Å²) in [6.07, 6.45) is 0. The molecule has 2 N–H and O–H groups in total. The van der Waals surface area contributed by atoms with Crippen LogP contribution in [0.15, 0.2) is 48.5 Å². The van der Waals surface area contributed by atoms with E-state index >= 15 is 0 Å². The first kappa shape index (κ1) is 15.2. The fourth-order valence-electron chi connectivity index (χ4n) is 2.12. The van der Waals surface area contributed by atoms with Gasteiger partial charge >= 0.3 is 0 Å². The number of carbonyl (C=O) groups excluding carboxylic acids is 1. The quantitative estimate of drug-likeness (QED) is 0.746. The second-order valence-electron chi connectivity index (χ2n) is 5.11. The minimum atomic E-state index is -0.476. The maximum absolute atomic E-state index is 13.8. The van der Waals surface area contributed by atoms with Crippen LogP contribution in [-0.2, 0) is 0 Å². The standard InChI is InChI=1S/C17H13ClFN3O/c1-10-2-7-14(13(19)8-10)20-17(23)16-9-15(21-22-16)11-3-5-12(18)6-4-11/h2-9H,1H3,(H,20,23)(H,21,22). The van der Waals surface area contributed by atoms with Gasteiger partial charge in [-0.3, -0.25) is 9.89 Å². The zero-order valence-electron chi connectivity index (χ0n) is 12.2. The third kappa shape index (κ3) is 3.40. The van der Waals surface area contributed by atoms with Gasteiger partial charge in [0.15, 0.2) is 0 Å². The monoisotopic (exact) mass is 329 g/mol. The van der Waals surface area contributed by atoms with Gasteiger partial charge in [0.1, 0.15) is 11.5 Å². The predicted octanol–water partition coefficient (Wildman–Crippen LogP) is 4.43. The molecule has 1 aromatic heterocycles. The molecule has 0 saturated heterocycles. The van der Waals surface area contributed by atoms with Gasteiger partial charge in [0.2, 0.25) is 0 Å². The average molecular weight is 330 g/mol. The van der Waals surface area contributed by atoms with Crippen LogP contribution in [0.4, 0.5) is 10.1 Å². The van der Waals surface area contributed by atoms with Crippen molar-refractivity contribution in [3.05, 3.63) is 70.6 Å². The van der Waals surface area contributed by atoms with Crippen LogP contribution < -0.4 is 5.32 Å². The molecule has 0 aliphatic carbocycles. The lowest BCUT2D eigenvalue weighted by molar-refractivity contribution is 0.102. The summed E-state index contributed by atoms with van der Waals surface area (Å²) < 4.78 is 13.8. The van der Waals surface area contributed by atoms with Gasteiger partial charge in [-0.1, -0.05) is 29.8 Å². The van der Waals surface area contributed by atoms with Gasteiger partial charge in [-0.05, 0) is 42.8 Å². The van der Waals surface area contributed by atoms with E-state index in [0.717, 1.165) is 11.1 Å². The Balaban J connectivity index is 1.79. The third-order valence-corrected chi connectivity index (χ3v) is 3.59. The number of carbonyl (C=O) groups is 1. The smallest absolute Gasteiger partial charge is 0.273 e. The van der Waals surface area contributed by atoms with Gasteiger partial charge in [0.25, 0.3) is 5.91 Å². The van der Waals surface area contributed by atoms with Crippen LogP contribution in [0.25, 0.3) is 11.3 Å². The molecule has 6 heteroatoms. The molecule has 0 aliphatic rings. The number of hydrogen-bond acceptors (Lipinski definition) is 2. The number of aryl methyl sites for hydroxylation is 1. The Morgan fingerprint density at radius 2 is 1.91 bits per heavy atom. The van der Waals surface area contributed by atoms with Crippen LogP contribution >= 0.6 is 11.6 Å². The number of H-pyrrole nitrogens is 1. The summed E-state index contributed by atoms with van der Waals surface area (Å²) >= 11 is 5.84. The largest absolute Gasteiger partial charge is 0.318 e. The number of amides is 1. The predicted molar refractivity (Wildman–Crippen MR) is 88.1 cm³/mol. The van der Waals surface area contributed by atoms with Gasteiger partial charge in [-0.25, -0.2) is 4.39 Å². The van der Waals surface area contributed by atoms with Crippen molar-refractivity contribution in [2.24, 2.45) is 0 Å². The average Bonchev–Trinajstić information content (AvgIpc) is 3.01. The summed E-state index contributed by atoms with van der Waals surface area (Å²) in [5.74, 6) is -0.934. The lowest BCUT2D eigenvalue weighted by Gasteiger charge is -2.05. The zero-order chi connectivity index (χ0) is 16.4. The van der Waals surface area contributed by atoms with E-state index in [0.29, 0.717) is 10.7 Å². The second kappa shape index (κ2) is 6.22. The van der Waals surface area contributed by atoms with E-state index < -0.39 is 11.7 Å². The maximum atomic E-state index is 13.8. The van der Waals surface area contributed by atoms with E-state index in [4.69, 9.17) is 11.6 Å². The molecular weight excluding hydrogens is 317 g/mol. The maximum Gasteiger partial charge on any atom is 0.273 e. The Hall–Kier alpha value is -2.66. The third-order valence-electron chi connectivity index (χ3n) is 3.34. The lowest BCUT2D eigenvalue weighted by atomic mass is 10.1. The normalized spacial score (nSPS) is 10.6. The summed E-state index contributed by atoms with van der Waals surface area (Å²) in [7, 11) is 0. The molecule has 0 spiro atoms. The highest BCUT2D eigenvalue weighted by atomic mass is 35.5. The molecule has 2 aromatic carbocycles. The van der Waals surface area contributed by atoms with Gasteiger partial charge in [-0.15, -0.1) is 0 Å². The zero-order valence-corrected chi connectivity index (χ0v) is 13.0. The van der Waals surface area contributed by atoms with Gasteiger partial charge in [0.05, 0.1) is 11.4 Å². The van der Waals surface area contributed by atoms with Crippen LogP contribution in [0, 0.1) is 12.7 Å². The molecule has 4 nitrogen and oxygen atoms in total. The number of benzene rings is 2. The SMILES string of the molecule is Cc1ccc(NC(=O)c2cc(-c3ccc(Cl)cc3)n[nH]2)c(F)c1. The molecule has 0 aliphatic heterocycles. The second-order valence-corrected chi connectivity index (χ2v) is 5.55. The van der Waals surface area contributed by atoms with Crippen molar-refractivity contribution in [2.45, 2.75) is 6.92 Å². The van der Waals surface area contributed by atoms with Crippen LogP contribution in [-0.4, -0.2) is 16.1 Å².